The van der Waals surface area contributed by atoms with E-state index in [0.29, 0.717) is 0 Å². The van der Waals surface area contributed by atoms with Crippen LogP contribution < -0.4 is 0 Å². The van der Waals surface area contributed by atoms with Crippen molar-refractivity contribution >= 4 is 0 Å². The van der Waals surface area contributed by atoms with Gasteiger partial charge in [0, 0.05) is 142 Å². The molecule has 0 aromatic carbocycles. The molecule has 0 unspecified atom stereocenters. The average molecular weight is 1420 g/mol. The van der Waals surface area contributed by atoms with Gasteiger partial charge < -0.3 is 166 Å². The maximum atomic E-state index is 12.5. The van der Waals surface area contributed by atoms with E-state index in [1.807, 2.05) is 0 Å². The lowest BCUT2D eigenvalue weighted by Crippen LogP contribution is -2.69. The fraction of sp³-hybridized carbons (Fsp3) is 1.00. The Labute approximate surface area is 568 Å². The minimum Gasteiger partial charge on any atom is -0.385 e. The van der Waals surface area contributed by atoms with Crippen molar-refractivity contribution < 1.29 is 166 Å². The fourth-order valence-corrected chi connectivity index (χ4v) is 14.6. The first-order chi connectivity index (χ1) is 47.1. The van der Waals surface area contributed by atoms with Gasteiger partial charge in [0.05, 0.1) is 46.2 Å². The molecule has 0 spiro atoms. The van der Waals surface area contributed by atoms with Crippen molar-refractivity contribution in [3.05, 3.63) is 0 Å². The molecular weight excluding hydrogens is 1300 g/mol. The van der Waals surface area contributed by atoms with E-state index in [9.17, 15) is 5.11 Å². The highest BCUT2D eigenvalue weighted by Crippen LogP contribution is 2.43. The van der Waals surface area contributed by atoms with Crippen molar-refractivity contribution in [3.63, 3.8) is 0 Å². The lowest BCUT2D eigenvalue weighted by atomic mass is 9.94. The predicted octanol–water partition coefficient (Wildman–Crippen LogP) is -2.15. The van der Waals surface area contributed by atoms with Crippen LogP contribution in [0.2, 0.25) is 0 Å². The Morgan fingerprint density at radius 1 is 0.175 bits per heavy atom. The molecule has 35 heteroatoms. The maximum Gasteiger partial charge on any atom is 0.187 e. The number of ether oxygens (including phenoxy) is 34. The summed E-state index contributed by atoms with van der Waals surface area (Å²) in [6.07, 6.45) is -37.8. The number of methoxy groups -OCH3 is 20. The molecule has 21 aliphatic rings. The number of aliphatic hydroxyl groups excluding tert-OH is 1. The summed E-state index contributed by atoms with van der Waals surface area (Å²) in [5.74, 6) is 0. The predicted molar refractivity (Wildman–Crippen MR) is 324 cm³/mol. The summed E-state index contributed by atoms with van der Waals surface area (Å²) < 4.78 is 218. The summed E-state index contributed by atoms with van der Waals surface area (Å²) in [6, 6.07) is 0. The van der Waals surface area contributed by atoms with E-state index in [1.165, 1.54) is 142 Å². The SMILES string of the molecule is COC[C@@H]1O[C@@H]2O[C@H]3[C@H](OC)[C@@H](OC)[C@@H](O[C@H]4[C@H](OC)[C@@H](OC)[C@@H](O[C@H]5[C@@H](OC)[C@@H](OC)[C@@H](O[C@H]6[C@@H](OC)[C@H](OC)[C@@H](O[C@H]7[C@H](OC)[C@H](OC)[C@@H](O[C@H]8[C@H](OC)[C@@H](O)[C@@H](O[C@H]1[C@H](OC)[C@H]2OC)O[C@@H]8COC)O[C@@H]7COC)O[C@@H]6COC)O[C@@H]5COC)O[C@H]4COC)O[C@H]3COC. The van der Waals surface area contributed by atoms with Crippen LogP contribution in [0.1, 0.15) is 0 Å². The minimum atomic E-state index is -1.57. The van der Waals surface area contributed by atoms with Gasteiger partial charge in [0.15, 0.2) is 44.0 Å². The van der Waals surface area contributed by atoms with Crippen molar-refractivity contribution in [1.82, 2.24) is 0 Å². The van der Waals surface area contributed by atoms with Crippen LogP contribution in [0, 0.1) is 0 Å². The molecule has 21 heterocycles. The Morgan fingerprint density at radius 2 is 0.309 bits per heavy atom. The van der Waals surface area contributed by atoms with Crippen LogP contribution in [0.4, 0.5) is 0 Å². The summed E-state index contributed by atoms with van der Waals surface area (Å²) in [5, 5.41) is 12.5. The molecule has 35 atom stereocenters. The topological polar surface area (TPSA) is 334 Å². The van der Waals surface area contributed by atoms with E-state index in [2.05, 4.69) is 0 Å². The van der Waals surface area contributed by atoms with Gasteiger partial charge in [-0.2, -0.15) is 0 Å². The molecule has 0 aromatic heterocycles. The molecule has 0 radical (unpaired) electrons. The molecule has 568 valence electrons. The smallest absolute Gasteiger partial charge is 0.187 e. The Bertz CT molecular complexity index is 2180. The molecule has 21 rings (SSSR count). The molecule has 97 heavy (non-hydrogen) atoms. The molecule has 35 nitrogen and oxygen atoms in total. The highest BCUT2D eigenvalue weighted by atomic mass is 16.8. The second-order valence-corrected chi connectivity index (χ2v) is 24.3. The van der Waals surface area contributed by atoms with Crippen LogP contribution in [-0.2, 0) is 161 Å². The highest BCUT2D eigenvalue weighted by molar-refractivity contribution is 5.04. The molecule has 0 aliphatic carbocycles. The average Bonchev–Trinajstić information content (AvgIpc) is 0.776. The largest absolute Gasteiger partial charge is 0.385 e. The molecule has 21 fully saturated rings. The Hall–Kier alpha value is -1.40. The molecule has 0 amide bonds. The monoisotopic (exact) mass is 1410 g/mol. The van der Waals surface area contributed by atoms with Crippen LogP contribution in [0.25, 0.3) is 0 Å². The number of rotatable bonds is 27. The lowest BCUT2D eigenvalue weighted by Gasteiger charge is -2.52. The minimum absolute atomic E-state index is 0.0438. The van der Waals surface area contributed by atoms with Crippen molar-refractivity contribution in [1.29, 1.82) is 0 Å². The summed E-state index contributed by atoms with van der Waals surface area (Å²) in [6.45, 7) is -0.433. The van der Waals surface area contributed by atoms with Gasteiger partial charge in [-0.25, -0.2) is 0 Å². The Morgan fingerprint density at radius 3 is 0.454 bits per heavy atom. The summed E-state index contributed by atoms with van der Waals surface area (Å²) in [4.78, 5) is 0. The molecular formula is C62H110O35. The third-order valence-corrected chi connectivity index (χ3v) is 19.1. The van der Waals surface area contributed by atoms with E-state index in [0.717, 1.165) is 0 Å². The quantitative estimate of drug-likeness (QED) is 0.0916. The van der Waals surface area contributed by atoms with Gasteiger partial charge in [0.25, 0.3) is 0 Å². The zero-order chi connectivity index (χ0) is 70.2. The van der Waals surface area contributed by atoms with Crippen molar-refractivity contribution in [2.24, 2.45) is 0 Å². The van der Waals surface area contributed by atoms with E-state index >= 15 is 0 Å². The summed E-state index contributed by atoms with van der Waals surface area (Å²) in [7, 11) is 29.8. The van der Waals surface area contributed by atoms with E-state index < -0.39 is 215 Å². The molecule has 0 saturated carbocycles. The van der Waals surface area contributed by atoms with E-state index in [4.69, 9.17) is 161 Å². The Kier molecular flexibility index (Phi) is 33.2. The fourth-order valence-electron chi connectivity index (χ4n) is 14.6. The van der Waals surface area contributed by atoms with Gasteiger partial charge in [-0.3, -0.25) is 0 Å². The molecule has 0 aromatic rings. The van der Waals surface area contributed by atoms with Gasteiger partial charge >= 0.3 is 0 Å². The summed E-state index contributed by atoms with van der Waals surface area (Å²) >= 11 is 0. The third kappa shape index (κ3) is 17.8. The molecule has 1 N–H and O–H groups in total. The van der Waals surface area contributed by atoms with E-state index in [1.54, 1.807) is 0 Å². The van der Waals surface area contributed by atoms with Gasteiger partial charge in [-0.15, -0.1) is 0 Å². The first kappa shape index (κ1) is 81.3. The van der Waals surface area contributed by atoms with Gasteiger partial charge in [0.1, 0.15) is 171 Å². The second kappa shape index (κ2) is 39.6. The third-order valence-electron chi connectivity index (χ3n) is 19.1. The highest BCUT2D eigenvalue weighted by Gasteiger charge is 2.62. The number of hydrogen-bond donors (Lipinski definition) is 1. The number of hydrogen-bond acceptors (Lipinski definition) is 35. The zero-order valence-electron chi connectivity index (χ0n) is 59.5. The standard InChI is InChI=1S/C62H110O35/c1-64-21-28-36-43(71-8)35(63)56(84-28)91-37-29(22-65-2)85-58(50(78-15)44(37)72-9)93-39-31(24-67-4)87-60(52(80-17)46(39)74-11)95-41-33(26-69-6)89-62(54(82-19)48(41)76-13)97-42-34(27-70-7)90-61(55(83-20)49(42)77-14)96-40-32(25-68-5)88-59(53(81-18)47(40)75-12)94-38-30(23-66-3)86-57(92-36)51(79-16)45(38)73-10/h28-63H,21-27H2,1-20H3/t28-,29+,30-,31+,32-,33+,34-,35-,36-,37-,38-,39-,40-,41-,42-,43-,44+,45+,46+,47-,48+,49-,50-,51+,52-,53+,54-,55-,56-,57-,58-,59-,60-,61-,62-/m1/s1. The van der Waals surface area contributed by atoms with Crippen molar-refractivity contribution in [2.45, 2.75) is 215 Å². The van der Waals surface area contributed by atoms with Crippen LogP contribution in [0.5, 0.6) is 0 Å². The molecule has 21 aliphatic heterocycles. The van der Waals surface area contributed by atoms with Gasteiger partial charge in [-0.1, -0.05) is 0 Å². The maximum absolute atomic E-state index is 12.5. The van der Waals surface area contributed by atoms with Crippen molar-refractivity contribution in [2.75, 3.05) is 188 Å². The number of aliphatic hydroxyl groups is 1. The summed E-state index contributed by atoms with van der Waals surface area (Å²) in [5.41, 5.74) is 0. The lowest BCUT2D eigenvalue weighted by molar-refractivity contribution is -0.402. The van der Waals surface area contributed by atoms with Crippen LogP contribution in [0.3, 0.4) is 0 Å². The second-order valence-electron chi connectivity index (χ2n) is 24.3. The van der Waals surface area contributed by atoms with E-state index in [-0.39, 0.29) is 46.2 Å². The van der Waals surface area contributed by atoms with Crippen LogP contribution in [-0.4, -0.2) is 408 Å². The molecule has 14 bridgehead atoms. The van der Waals surface area contributed by atoms with Crippen molar-refractivity contribution in [3.8, 4) is 0 Å². The first-order valence-corrected chi connectivity index (χ1v) is 32.3. The first-order valence-electron chi connectivity index (χ1n) is 32.3. The van der Waals surface area contributed by atoms with Gasteiger partial charge in [-0.05, 0) is 0 Å². The van der Waals surface area contributed by atoms with Crippen LogP contribution in [0.15, 0.2) is 0 Å². The molecule has 21 saturated heterocycles. The Balaban J connectivity index is 1.23. The normalized spacial score (nSPS) is 46.4. The van der Waals surface area contributed by atoms with Gasteiger partial charge in [0.2, 0.25) is 0 Å². The zero-order valence-corrected chi connectivity index (χ0v) is 59.5. The van der Waals surface area contributed by atoms with Crippen LogP contribution >= 0.6 is 0 Å².